The summed E-state index contributed by atoms with van der Waals surface area (Å²) in [4.78, 5) is 37.6. The molecule has 128 valence electrons. The zero-order valence-corrected chi connectivity index (χ0v) is 14.2. The van der Waals surface area contributed by atoms with Crippen LogP contribution >= 0.6 is 0 Å². The van der Waals surface area contributed by atoms with Crippen LogP contribution in [0.2, 0.25) is 0 Å². The van der Waals surface area contributed by atoms with Gasteiger partial charge in [-0.15, -0.1) is 0 Å². The largest absolute Gasteiger partial charge is 0.342 e. The quantitative estimate of drug-likeness (QED) is 0.543. The summed E-state index contributed by atoms with van der Waals surface area (Å²) in [5.74, 6) is -0.462. The minimum absolute atomic E-state index is 0.0259. The van der Waals surface area contributed by atoms with E-state index >= 15 is 0 Å². The Morgan fingerprint density at radius 1 is 1.22 bits per heavy atom. The van der Waals surface area contributed by atoms with Crippen LogP contribution in [-0.2, 0) is 16.1 Å². The molecule has 0 saturated carbocycles. The number of aryl methyl sites for hydroxylation is 1. The normalized spacial score (nSPS) is 10.5. The molecule has 9 heteroatoms. The Hall–Kier alpha value is -2.45. The zero-order valence-electron chi connectivity index (χ0n) is 14.2. The highest BCUT2D eigenvalue weighted by Gasteiger charge is 2.24. The molecule has 0 atom stereocenters. The molecular formula is C14H23N5O4. The van der Waals surface area contributed by atoms with E-state index in [1.807, 2.05) is 13.8 Å². The van der Waals surface area contributed by atoms with Crippen LogP contribution in [0.4, 0.5) is 5.69 Å². The van der Waals surface area contributed by atoms with Crippen LogP contribution in [0.3, 0.4) is 0 Å². The summed E-state index contributed by atoms with van der Waals surface area (Å²) in [6.07, 6.45) is 0. The first kappa shape index (κ1) is 18.6. The van der Waals surface area contributed by atoms with Gasteiger partial charge in [0.05, 0.1) is 11.5 Å². The highest BCUT2D eigenvalue weighted by molar-refractivity contribution is 5.84. The highest BCUT2D eigenvalue weighted by Crippen LogP contribution is 2.21. The standard InChI is InChI=1S/C14H23N5O4/c1-6-17(7-2)13(21)8-16(5)12(20)9-18-11(4)14(19(22)23)10(3)15-18/h6-9H2,1-5H3. The molecule has 0 saturated heterocycles. The van der Waals surface area contributed by atoms with Crippen molar-refractivity contribution in [1.29, 1.82) is 0 Å². The fourth-order valence-corrected chi connectivity index (χ4v) is 2.32. The Labute approximate surface area is 135 Å². The Morgan fingerprint density at radius 3 is 2.22 bits per heavy atom. The molecule has 0 aliphatic carbocycles. The lowest BCUT2D eigenvalue weighted by atomic mass is 10.3. The van der Waals surface area contributed by atoms with Crippen LogP contribution in [0.15, 0.2) is 0 Å². The predicted octanol–water partition coefficient (Wildman–Crippen LogP) is 0.735. The van der Waals surface area contributed by atoms with Gasteiger partial charge in [-0.25, -0.2) is 0 Å². The van der Waals surface area contributed by atoms with Crippen molar-refractivity contribution in [3.05, 3.63) is 21.5 Å². The van der Waals surface area contributed by atoms with Crippen LogP contribution in [0, 0.1) is 24.0 Å². The Morgan fingerprint density at radius 2 is 1.78 bits per heavy atom. The number of hydrogen-bond acceptors (Lipinski definition) is 5. The van der Waals surface area contributed by atoms with Gasteiger partial charge in [0.1, 0.15) is 17.9 Å². The molecule has 0 N–H and O–H groups in total. The summed E-state index contributed by atoms with van der Waals surface area (Å²) in [7, 11) is 1.53. The third kappa shape index (κ3) is 4.27. The maximum atomic E-state index is 12.2. The number of hydrogen-bond donors (Lipinski definition) is 0. The SMILES string of the molecule is CCN(CC)C(=O)CN(C)C(=O)Cn1nc(C)c([N+](=O)[O-])c1C. The van der Waals surface area contributed by atoms with E-state index in [1.54, 1.807) is 11.8 Å². The molecule has 9 nitrogen and oxygen atoms in total. The van der Waals surface area contributed by atoms with E-state index in [0.717, 1.165) is 0 Å². The molecule has 23 heavy (non-hydrogen) atoms. The molecule has 1 rings (SSSR count). The smallest absolute Gasteiger partial charge is 0.312 e. The molecule has 0 spiro atoms. The number of amides is 2. The zero-order chi connectivity index (χ0) is 17.7. The topological polar surface area (TPSA) is 102 Å². The molecule has 0 unspecified atom stereocenters. The first-order chi connectivity index (χ1) is 10.7. The first-order valence-corrected chi connectivity index (χ1v) is 7.42. The molecule has 0 radical (unpaired) electrons. The van der Waals surface area contributed by atoms with Crippen LogP contribution in [-0.4, -0.2) is 63.0 Å². The van der Waals surface area contributed by atoms with Crippen molar-refractivity contribution in [2.75, 3.05) is 26.7 Å². The van der Waals surface area contributed by atoms with Crippen molar-refractivity contribution < 1.29 is 14.5 Å². The molecule has 0 fully saturated rings. The van der Waals surface area contributed by atoms with Crippen LogP contribution in [0.25, 0.3) is 0 Å². The van der Waals surface area contributed by atoms with Gasteiger partial charge in [0.25, 0.3) is 0 Å². The van der Waals surface area contributed by atoms with Gasteiger partial charge in [-0.1, -0.05) is 0 Å². The molecule has 1 heterocycles. The van der Waals surface area contributed by atoms with Gasteiger partial charge < -0.3 is 9.80 Å². The average Bonchev–Trinajstić information content (AvgIpc) is 2.74. The van der Waals surface area contributed by atoms with Crippen molar-refractivity contribution in [1.82, 2.24) is 19.6 Å². The summed E-state index contributed by atoms with van der Waals surface area (Å²) in [6.45, 7) is 7.83. The van der Waals surface area contributed by atoms with Crippen molar-refractivity contribution in [2.24, 2.45) is 0 Å². The van der Waals surface area contributed by atoms with E-state index in [-0.39, 0.29) is 36.3 Å². The Bertz CT molecular complexity index is 607. The second-order valence-electron chi connectivity index (χ2n) is 5.25. The minimum atomic E-state index is -0.508. The van der Waals surface area contributed by atoms with Gasteiger partial charge in [0, 0.05) is 20.1 Å². The van der Waals surface area contributed by atoms with Gasteiger partial charge in [0.2, 0.25) is 11.8 Å². The maximum absolute atomic E-state index is 12.2. The van der Waals surface area contributed by atoms with Gasteiger partial charge in [-0.05, 0) is 27.7 Å². The summed E-state index contributed by atoms with van der Waals surface area (Å²) in [5.41, 5.74) is 0.506. The number of likely N-dealkylation sites (N-methyl/N-ethyl adjacent to an activating group) is 2. The molecule has 0 aliphatic heterocycles. The fourth-order valence-electron chi connectivity index (χ4n) is 2.32. The van der Waals surface area contributed by atoms with E-state index in [0.29, 0.717) is 18.8 Å². The second kappa shape index (κ2) is 7.70. The molecular weight excluding hydrogens is 302 g/mol. The van der Waals surface area contributed by atoms with Crippen LogP contribution in [0.5, 0.6) is 0 Å². The molecule has 1 aromatic heterocycles. The monoisotopic (exact) mass is 325 g/mol. The van der Waals surface area contributed by atoms with Gasteiger partial charge in [-0.2, -0.15) is 5.10 Å². The third-order valence-corrected chi connectivity index (χ3v) is 3.73. The van der Waals surface area contributed by atoms with Crippen molar-refractivity contribution in [3.8, 4) is 0 Å². The van der Waals surface area contributed by atoms with Gasteiger partial charge in [-0.3, -0.25) is 24.4 Å². The average molecular weight is 325 g/mol. The number of aromatic nitrogens is 2. The molecule has 1 aromatic rings. The Kier molecular flexibility index (Phi) is 6.23. The lowest BCUT2D eigenvalue weighted by molar-refractivity contribution is -0.386. The summed E-state index contributed by atoms with van der Waals surface area (Å²) in [6, 6.07) is 0. The lowest BCUT2D eigenvalue weighted by Gasteiger charge is -2.23. The predicted molar refractivity (Wildman–Crippen MR) is 83.9 cm³/mol. The van der Waals surface area contributed by atoms with Crippen LogP contribution in [0.1, 0.15) is 25.2 Å². The van der Waals surface area contributed by atoms with Crippen molar-refractivity contribution >= 4 is 17.5 Å². The first-order valence-electron chi connectivity index (χ1n) is 7.42. The van der Waals surface area contributed by atoms with E-state index in [1.165, 1.54) is 23.6 Å². The summed E-state index contributed by atoms with van der Waals surface area (Å²) >= 11 is 0. The van der Waals surface area contributed by atoms with E-state index in [2.05, 4.69) is 5.10 Å². The molecule has 0 aliphatic rings. The van der Waals surface area contributed by atoms with Crippen molar-refractivity contribution in [2.45, 2.75) is 34.2 Å². The van der Waals surface area contributed by atoms with E-state index in [4.69, 9.17) is 0 Å². The van der Waals surface area contributed by atoms with Gasteiger partial charge >= 0.3 is 5.69 Å². The van der Waals surface area contributed by atoms with Crippen molar-refractivity contribution in [3.63, 3.8) is 0 Å². The third-order valence-electron chi connectivity index (χ3n) is 3.73. The highest BCUT2D eigenvalue weighted by atomic mass is 16.6. The Balaban J connectivity index is 2.78. The second-order valence-corrected chi connectivity index (χ2v) is 5.25. The molecule has 0 aromatic carbocycles. The number of rotatable bonds is 7. The maximum Gasteiger partial charge on any atom is 0.312 e. The van der Waals surface area contributed by atoms with Gasteiger partial charge in [0.15, 0.2) is 0 Å². The van der Waals surface area contributed by atoms with E-state index < -0.39 is 4.92 Å². The summed E-state index contributed by atoms with van der Waals surface area (Å²) < 4.78 is 1.30. The van der Waals surface area contributed by atoms with Crippen LogP contribution < -0.4 is 0 Å². The number of nitro groups is 1. The molecule has 0 bridgehead atoms. The van der Waals surface area contributed by atoms with E-state index in [9.17, 15) is 19.7 Å². The number of carbonyl (C=O) groups excluding carboxylic acids is 2. The number of nitrogens with zero attached hydrogens (tertiary/aromatic N) is 5. The number of carbonyl (C=O) groups is 2. The fraction of sp³-hybridized carbons (Fsp3) is 0.643. The lowest BCUT2D eigenvalue weighted by Crippen LogP contribution is -2.42. The summed E-state index contributed by atoms with van der Waals surface area (Å²) in [5, 5.41) is 15.0. The minimum Gasteiger partial charge on any atom is -0.342 e. The molecule has 2 amide bonds.